The number of hydrogen-bond acceptors (Lipinski definition) is 5. The zero-order valence-corrected chi connectivity index (χ0v) is 11.8. The van der Waals surface area contributed by atoms with E-state index in [0.29, 0.717) is 17.0 Å². The third-order valence-corrected chi connectivity index (χ3v) is 3.06. The summed E-state index contributed by atoms with van der Waals surface area (Å²) >= 11 is 6.05. The summed E-state index contributed by atoms with van der Waals surface area (Å²) in [4.78, 5) is 5.95. The predicted molar refractivity (Wildman–Crippen MR) is 79.2 cm³/mol. The Balaban J connectivity index is 2.40. The number of benzene rings is 1. The van der Waals surface area contributed by atoms with Crippen LogP contribution in [0.3, 0.4) is 0 Å². The predicted octanol–water partition coefficient (Wildman–Crippen LogP) is 3.05. The number of pyridine rings is 1. The Morgan fingerprint density at radius 1 is 1.35 bits per heavy atom. The molecular formula is C14H13ClN4O. The molecule has 2 aromatic rings. The number of aromatic nitrogens is 1. The number of nitrogen functional groups attached to an aromatic ring is 1. The molecule has 0 atom stereocenters. The number of ether oxygens (including phenoxy) is 1. The summed E-state index contributed by atoms with van der Waals surface area (Å²) in [7, 11) is 3.83. The van der Waals surface area contributed by atoms with Crippen LogP contribution in [0.5, 0.6) is 11.6 Å². The minimum absolute atomic E-state index is 0.160. The quantitative estimate of drug-likeness (QED) is 0.879. The van der Waals surface area contributed by atoms with E-state index < -0.39 is 0 Å². The van der Waals surface area contributed by atoms with Crippen LogP contribution in [0.1, 0.15) is 5.56 Å². The van der Waals surface area contributed by atoms with Crippen molar-refractivity contribution in [3.8, 4) is 17.7 Å². The van der Waals surface area contributed by atoms with E-state index in [2.05, 4.69) is 4.98 Å². The Bertz CT molecular complexity index is 679. The average Bonchev–Trinajstić information content (AvgIpc) is 2.43. The number of nitriles is 1. The Morgan fingerprint density at radius 2 is 2.10 bits per heavy atom. The van der Waals surface area contributed by atoms with Gasteiger partial charge in [0.2, 0.25) is 5.88 Å². The minimum atomic E-state index is 0.160. The van der Waals surface area contributed by atoms with Crippen molar-refractivity contribution in [3.05, 3.63) is 41.0 Å². The molecule has 1 aromatic carbocycles. The van der Waals surface area contributed by atoms with Crippen molar-refractivity contribution in [2.24, 2.45) is 0 Å². The summed E-state index contributed by atoms with van der Waals surface area (Å²) in [6.07, 6.45) is 1.46. The van der Waals surface area contributed by atoms with Crippen LogP contribution >= 0.6 is 11.6 Å². The molecule has 2 rings (SSSR count). The molecule has 0 saturated carbocycles. The molecule has 0 saturated heterocycles. The Morgan fingerprint density at radius 3 is 2.75 bits per heavy atom. The highest BCUT2D eigenvalue weighted by Gasteiger charge is 2.12. The molecule has 1 heterocycles. The van der Waals surface area contributed by atoms with Gasteiger partial charge < -0.3 is 15.4 Å². The van der Waals surface area contributed by atoms with Gasteiger partial charge in [0.15, 0.2) is 5.75 Å². The summed E-state index contributed by atoms with van der Waals surface area (Å²) < 4.78 is 5.63. The highest BCUT2D eigenvalue weighted by molar-refractivity contribution is 6.33. The van der Waals surface area contributed by atoms with E-state index in [4.69, 9.17) is 27.3 Å². The van der Waals surface area contributed by atoms with Gasteiger partial charge in [-0.05, 0) is 18.2 Å². The molecule has 6 heteroatoms. The Hall–Kier alpha value is -2.45. The van der Waals surface area contributed by atoms with Gasteiger partial charge in [-0.1, -0.05) is 11.6 Å². The molecule has 0 fully saturated rings. The van der Waals surface area contributed by atoms with Crippen LogP contribution in [0.4, 0.5) is 11.4 Å². The number of anilines is 2. The van der Waals surface area contributed by atoms with Crippen LogP contribution in [0.15, 0.2) is 30.5 Å². The fourth-order valence-electron chi connectivity index (χ4n) is 1.58. The van der Waals surface area contributed by atoms with Gasteiger partial charge in [0.25, 0.3) is 0 Å². The van der Waals surface area contributed by atoms with Gasteiger partial charge in [-0.15, -0.1) is 0 Å². The van der Waals surface area contributed by atoms with Crippen molar-refractivity contribution >= 4 is 23.0 Å². The maximum atomic E-state index is 8.93. The lowest BCUT2D eigenvalue weighted by Gasteiger charge is -2.15. The van der Waals surface area contributed by atoms with Crippen LogP contribution in [-0.4, -0.2) is 19.1 Å². The van der Waals surface area contributed by atoms with Crippen molar-refractivity contribution < 1.29 is 4.74 Å². The van der Waals surface area contributed by atoms with Gasteiger partial charge in [-0.25, -0.2) is 4.98 Å². The Kier molecular flexibility index (Phi) is 3.97. The number of hydrogen-bond donors (Lipinski definition) is 1. The summed E-state index contributed by atoms with van der Waals surface area (Å²) in [5.74, 6) is 0.606. The van der Waals surface area contributed by atoms with Gasteiger partial charge in [0.1, 0.15) is 11.1 Å². The lowest BCUT2D eigenvalue weighted by molar-refractivity contribution is 0.465. The zero-order valence-electron chi connectivity index (χ0n) is 11.1. The molecule has 2 N–H and O–H groups in total. The first-order valence-corrected chi connectivity index (χ1v) is 6.20. The highest BCUT2D eigenvalue weighted by atomic mass is 35.5. The summed E-state index contributed by atoms with van der Waals surface area (Å²) in [5, 5.41) is 9.10. The molecule has 1 aromatic heterocycles. The normalized spacial score (nSPS) is 9.90. The van der Waals surface area contributed by atoms with E-state index >= 15 is 0 Å². The molecule has 5 nitrogen and oxygen atoms in total. The summed E-state index contributed by atoms with van der Waals surface area (Å²) in [6, 6.07) is 8.90. The van der Waals surface area contributed by atoms with E-state index in [1.165, 1.54) is 12.3 Å². The van der Waals surface area contributed by atoms with Crippen LogP contribution in [0, 0.1) is 11.3 Å². The summed E-state index contributed by atoms with van der Waals surface area (Å²) in [5.41, 5.74) is 7.58. The zero-order chi connectivity index (χ0) is 14.7. The lowest BCUT2D eigenvalue weighted by atomic mass is 10.2. The van der Waals surface area contributed by atoms with Gasteiger partial charge in [0.05, 0.1) is 11.3 Å². The third-order valence-electron chi connectivity index (χ3n) is 2.70. The topological polar surface area (TPSA) is 75.2 Å². The molecule has 0 amide bonds. The van der Waals surface area contributed by atoms with Gasteiger partial charge in [0, 0.05) is 32.0 Å². The van der Waals surface area contributed by atoms with Crippen LogP contribution < -0.4 is 15.4 Å². The first-order chi connectivity index (χ1) is 9.52. The summed E-state index contributed by atoms with van der Waals surface area (Å²) in [6.45, 7) is 0. The number of halogens is 1. The molecule has 0 aliphatic heterocycles. The first kappa shape index (κ1) is 14.0. The fourth-order valence-corrected chi connectivity index (χ4v) is 1.77. The number of rotatable bonds is 3. The lowest BCUT2D eigenvalue weighted by Crippen LogP contribution is -2.08. The fraction of sp³-hybridized carbons (Fsp3) is 0.143. The second-order valence-corrected chi connectivity index (χ2v) is 4.69. The molecular weight excluding hydrogens is 276 g/mol. The molecule has 0 bridgehead atoms. The third kappa shape index (κ3) is 2.76. The van der Waals surface area contributed by atoms with Crippen LogP contribution in [-0.2, 0) is 0 Å². The standard InChI is InChI=1S/C14H13ClN4O/c1-19(2)10-3-4-11(17)12(7-10)20-14-13(15)9(8-16)5-6-18-14/h3-7H,17H2,1-2H3. The maximum absolute atomic E-state index is 8.93. The second kappa shape index (κ2) is 5.68. The smallest absolute Gasteiger partial charge is 0.239 e. The molecule has 20 heavy (non-hydrogen) atoms. The maximum Gasteiger partial charge on any atom is 0.239 e. The van der Waals surface area contributed by atoms with E-state index in [1.54, 1.807) is 12.1 Å². The second-order valence-electron chi connectivity index (χ2n) is 4.31. The molecule has 0 unspecified atom stereocenters. The average molecular weight is 289 g/mol. The molecule has 0 radical (unpaired) electrons. The van der Waals surface area contributed by atoms with Crippen molar-refractivity contribution in [1.82, 2.24) is 4.98 Å². The number of nitrogens with two attached hydrogens (primary N) is 1. The Labute approximate surface area is 122 Å². The largest absolute Gasteiger partial charge is 0.435 e. The monoisotopic (exact) mass is 288 g/mol. The van der Waals surface area contributed by atoms with Crippen molar-refractivity contribution in [3.63, 3.8) is 0 Å². The minimum Gasteiger partial charge on any atom is -0.435 e. The molecule has 102 valence electrons. The molecule has 0 aliphatic carbocycles. The number of nitrogens with zero attached hydrogens (tertiary/aromatic N) is 3. The first-order valence-electron chi connectivity index (χ1n) is 5.82. The van der Waals surface area contributed by atoms with Gasteiger partial charge >= 0.3 is 0 Å². The van der Waals surface area contributed by atoms with Crippen molar-refractivity contribution in [2.45, 2.75) is 0 Å². The van der Waals surface area contributed by atoms with Gasteiger partial charge in [-0.3, -0.25) is 0 Å². The molecule has 0 spiro atoms. The van der Waals surface area contributed by atoms with Crippen LogP contribution in [0.25, 0.3) is 0 Å². The van der Waals surface area contributed by atoms with E-state index in [1.807, 2.05) is 31.1 Å². The van der Waals surface area contributed by atoms with Gasteiger partial charge in [-0.2, -0.15) is 5.26 Å². The van der Waals surface area contributed by atoms with Crippen molar-refractivity contribution in [1.29, 1.82) is 5.26 Å². The SMILES string of the molecule is CN(C)c1ccc(N)c(Oc2nccc(C#N)c2Cl)c1. The highest BCUT2D eigenvalue weighted by Crippen LogP contribution is 2.34. The van der Waals surface area contributed by atoms with E-state index in [9.17, 15) is 0 Å². The van der Waals surface area contributed by atoms with E-state index in [-0.39, 0.29) is 10.9 Å². The molecule has 0 aliphatic rings. The van der Waals surface area contributed by atoms with Crippen LogP contribution in [0.2, 0.25) is 5.02 Å². The van der Waals surface area contributed by atoms with Crippen molar-refractivity contribution in [2.75, 3.05) is 24.7 Å². The van der Waals surface area contributed by atoms with E-state index in [0.717, 1.165) is 5.69 Å².